The van der Waals surface area contributed by atoms with Crippen LogP contribution in [0.2, 0.25) is 5.15 Å². The fourth-order valence-corrected chi connectivity index (χ4v) is 3.74. The number of hydrogen-bond acceptors (Lipinski definition) is 4. The van der Waals surface area contributed by atoms with Crippen molar-refractivity contribution in [2.75, 3.05) is 11.4 Å². The van der Waals surface area contributed by atoms with Gasteiger partial charge in [-0.1, -0.05) is 23.7 Å². The van der Waals surface area contributed by atoms with E-state index in [0.29, 0.717) is 22.4 Å². The van der Waals surface area contributed by atoms with Gasteiger partial charge in [0.05, 0.1) is 5.52 Å². The number of pyridine rings is 1. The van der Waals surface area contributed by atoms with Crippen molar-refractivity contribution in [3.05, 3.63) is 57.6 Å². The molecule has 138 valence electrons. The van der Waals surface area contributed by atoms with E-state index >= 15 is 0 Å². The maximum atomic E-state index is 12.5. The Morgan fingerprint density at radius 3 is 2.48 bits per heavy atom. The van der Waals surface area contributed by atoms with E-state index in [4.69, 9.17) is 11.6 Å². The quantitative estimate of drug-likeness (QED) is 0.615. The maximum Gasteiger partial charge on any atom is 0.349 e. The molecule has 0 N–H and O–H groups in total. The Morgan fingerprint density at radius 1 is 1.07 bits per heavy atom. The third kappa shape index (κ3) is 3.21. The first kappa shape index (κ1) is 16.8. The van der Waals surface area contributed by atoms with Crippen LogP contribution in [0, 0.1) is 5.92 Å². The number of hydrogen-bond donors (Lipinski definition) is 0. The van der Waals surface area contributed by atoms with E-state index in [0.717, 1.165) is 23.7 Å². The number of aromatic nitrogens is 3. The van der Waals surface area contributed by atoms with Crippen LogP contribution in [-0.2, 0) is 7.05 Å². The highest BCUT2D eigenvalue weighted by molar-refractivity contribution is 6.29. The number of aryl methyl sites for hydroxylation is 1. The van der Waals surface area contributed by atoms with E-state index in [9.17, 15) is 4.79 Å². The number of anilines is 2. The molecule has 2 aliphatic rings. The summed E-state index contributed by atoms with van der Waals surface area (Å²) in [5, 5.41) is 0.402. The average molecular weight is 381 g/mol. The monoisotopic (exact) mass is 380 g/mol. The molecule has 2 aliphatic carbocycles. The molecule has 5 rings (SSSR count). The molecule has 2 heterocycles. The van der Waals surface area contributed by atoms with Crippen LogP contribution in [0.15, 0.2) is 41.2 Å². The van der Waals surface area contributed by atoms with Gasteiger partial charge in [-0.15, -0.1) is 0 Å². The third-order valence-corrected chi connectivity index (χ3v) is 5.76. The highest BCUT2D eigenvalue weighted by Crippen LogP contribution is 2.41. The van der Waals surface area contributed by atoms with Crippen LogP contribution in [0.1, 0.15) is 37.2 Å². The van der Waals surface area contributed by atoms with Crippen molar-refractivity contribution >= 4 is 34.1 Å². The zero-order valence-corrected chi connectivity index (χ0v) is 16.0. The first-order valence-corrected chi connectivity index (χ1v) is 9.89. The topological polar surface area (TPSA) is 51.0 Å². The standard InChI is InChI=1S/C21H21ClN4O/c1-25-17-10-11-18(22)23-19(17)20(24-21(25)27)26(12-13-2-3-13)16-8-6-15(7-9-16)14-4-5-14/h6-11,13-14H,2-5,12H2,1H3. The molecule has 27 heavy (non-hydrogen) atoms. The Morgan fingerprint density at radius 2 is 1.81 bits per heavy atom. The van der Waals surface area contributed by atoms with Gasteiger partial charge in [0, 0.05) is 19.3 Å². The average Bonchev–Trinajstić information content (AvgIpc) is 3.57. The van der Waals surface area contributed by atoms with E-state index < -0.39 is 0 Å². The second kappa shape index (κ2) is 6.34. The zero-order chi connectivity index (χ0) is 18.5. The molecule has 1 aromatic carbocycles. The molecule has 0 saturated heterocycles. The number of fused-ring (bicyclic) bond motifs is 1. The van der Waals surface area contributed by atoms with Crippen molar-refractivity contribution in [1.82, 2.24) is 14.5 Å². The molecule has 3 aromatic rings. The van der Waals surface area contributed by atoms with Crippen molar-refractivity contribution < 1.29 is 0 Å². The Hall–Kier alpha value is -2.40. The normalized spacial score (nSPS) is 16.7. The molecule has 5 nitrogen and oxygen atoms in total. The van der Waals surface area contributed by atoms with Crippen LogP contribution in [0.4, 0.5) is 11.5 Å². The molecule has 2 fully saturated rings. The summed E-state index contributed by atoms with van der Waals surface area (Å²) in [6.07, 6.45) is 5.00. The van der Waals surface area contributed by atoms with E-state index in [2.05, 4.69) is 39.1 Å². The second-order valence-electron chi connectivity index (χ2n) is 7.70. The van der Waals surface area contributed by atoms with Crippen molar-refractivity contribution in [3.63, 3.8) is 0 Å². The van der Waals surface area contributed by atoms with Gasteiger partial charge >= 0.3 is 5.69 Å². The van der Waals surface area contributed by atoms with E-state index in [1.54, 1.807) is 13.1 Å². The van der Waals surface area contributed by atoms with Crippen LogP contribution in [0.25, 0.3) is 11.0 Å². The van der Waals surface area contributed by atoms with Gasteiger partial charge in [-0.2, -0.15) is 4.98 Å². The van der Waals surface area contributed by atoms with Gasteiger partial charge in [0.25, 0.3) is 0 Å². The van der Waals surface area contributed by atoms with Gasteiger partial charge in [-0.3, -0.25) is 4.57 Å². The van der Waals surface area contributed by atoms with E-state index in [-0.39, 0.29) is 5.69 Å². The molecular weight excluding hydrogens is 360 g/mol. The highest BCUT2D eigenvalue weighted by atomic mass is 35.5. The number of benzene rings is 1. The lowest BCUT2D eigenvalue weighted by Crippen LogP contribution is -2.28. The summed E-state index contributed by atoms with van der Waals surface area (Å²) in [6.45, 7) is 0.840. The van der Waals surface area contributed by atoms with Gasteiger partial charge in [-0.05, 0) is 67.3 Å². The van der Waals surface area contributed by atoms with Gasteiger partial charge in [0.15, 0.2) is 5.82 Å². The summed E-state index contributed by atoms with van der Waals surface area (Å²) in [6, 6.07) is 12.2. The maximum absolute atomic E-state index is 12.5. The number of nitrogens with zero attached hydrogens (tertiary/aromatic N) is 4. The predicted octanol–water partition coefficient (Wildman–Crippen LogP) is 4.41. The lowest BCUT2D eigenvalue weighted by atomic mass is 10.1. The smallest absolute Gasteiger partial charge is 0.324 e. The molecule has 0 atom stereocenters. The predicted molar refractivity (Wildman–Crippen MR) is 108 cm³/mol. The van der Waals surface area contributed by atoms with Crippen molar-refractivity contribution in [2.45, 2.75) is 31.6 Å². The van der Waals surface area contributed by atoms with Crippen LogP contribution in [0.3, 0.4) is 0 Å². The van der Waals surface area contributed by atoms with Crippen LogP contribution in [0.5, 0.6) is 0 Å². The van der Waals surface area contributed by atoms with Gasteiger partial charge < -0.3 is 4.90 Å². The number of rotatable bonds is 5. The lowest BCUT2D eigenvalue weighted by molar-refractivity contribution is 0.787. The third-order valence-electron chi connectivity index (χ3n) is 5.55. The first-order chi connectivity index (χ1) is 13.1. The fraction of sp³-hybridized carbons (Fsp3) is 0.381. The summed E-state index contributed by atoms with van der Waals surface area (Å²) in [5.74, 6) is 1.95. The Kier molecular flexibility index (Phi) is 3.93. The fourth-order valence-electron chi connectivity index (χ4n) is 3.59. The Labute approximate surface area is 162 Å². The second-order valence-corrected chi connectivity index (χ2v) is 8.09. The SMILES string of the molecule is Cn1c(=O)nc(N(CC2CC2)c2ccc(C3CC3)cc2)c2nc(Cl)ccc21. The highest BCUT2D eigenvalue weighted by Gasteiger charge is 2.28. The van der Waals surface area contributed by atoms with Crippen LogP contribution >= 0.6 is 11.6 Å². The zero-order valence-electron chi connectivity index (χ0n) is 15.2. The molecule has 0 unspecified atom stereocenters. The summed E-state index contributed by atoms with van der Waals surface area (Å²) in [4.78, 5) is 23.5. The van der Waals surface area contributed by atoms with Crippen molar-refractivity contribution in [3.8, 4) is 0 Å². The molecular formula is C21H21ClN4O. The minimum Gasteiger partial charge on any atom is -0.324 e. The minimum atomic E-state index is -0.281. The molecule has 0 amide bonds. The minimum absolute atomic E-state index is 0.281. The van der Waals surface area contributed by atoms with Gasteiger partial charge in [-0.25, -0.2) is 9.78 Å². The summed E-state index contributed by atoms with van der Waals surface area (Å²) in [7, 11) is 1.71. The molecule has 0 bridgehead atoms. The number of halogens is 1. The lowest BCUT2D eigenvalue weighted by Gasteiger charge is -2.25. The van der Waals surface area contributed by atoms with E-state index in [1.165, 1.54) is 35.8 Å². The summed E-state index contributed by atoms with van der Waals surface area (Å²) in [5.41, 5.74) is 3.57. The largest absolute Gasteiger partial charge is 0.349 e. The van der Waals surface area contributed by atoms with Gasteiger partial charge in [0.2, 0.25) is 0 Å². The molecule has 0 spiro atoms. The Balaban J connectivity index is 1.66. The molecule has 2 saturated carbocycles. The molecule has 2 aromatic heterocycles. The van der Waals surface area contributed by atoms with Crippen LogP contribution < -0.4 is 10.6 Å². The summed E-state index contributed by atoms with van der Waals surface area (Å²) < 4.78 is 1.52. The van der Waals surface area contributed by atoms with Crippen molar-refractivity contribution in [2.24, 2.45) is 13.0 Å². The van der Waals surface area contributed by atoms with E-state index in [1.807, 2.05) is 6.07 Å². The summed E-state index contributed by atoms with van der Waals surface area (Å²) >= 11 is 6.17. The van der Waals surface area contributed by atoms with Crippen molar-refractivity contribution in [1.29, 1.82) is 0 Å². The Bertz CT molecular complexity index is 1070. The molecule has 0 aliphatic heterocycles. The molecule has 0 radical (unpaired) electrons. The van der Waals surface area contributed by atoms with Gasteiger partial charge in [0.1, 0.15) is 10.7 Å². The van der Waals surface area contributed by atoms with Crippen LogP contribution in [-0.4, -0.2) is 21.1 Å². The molecule has 6 heteroatoms. The first-order valence-electron chi connectivity index (χ1n) is 9.51.